The third kappa shape index (κ3) is 4.49. The normalized spacial score (nSPS) is 10.6. The van der Waals surface area contributed by atoms with Gasteiger partial charge in [-0.3, -0.25) is 0 Å². The molecule has 0 aliphatic heterocycles. The maximum absolute atomic E-state index is 11.1. The molecule has 0 unspecified atom stereocenters. The second kappa shape index (κ2) is 7.68. The van der Waals surface area contributed by atoms with E-state index in [1.54, 1.807) is 18.2 Å². The van der Waals surface area contributed by atoms with Crippen molar-refractivity contribution in [3.05, 3.63) is 59.2 Å². The van der Waals surface area contributed by atoms with Gasteiger partial charge in [0.1, 0.15) is 30.3 Å². The van der Waals surface area contributed by atoms with E-state index in [9.17, 15) is 4.79 Å². The van der Waals surface area contributed by atoms with Crippen LogP contribution in [0.3, 0.4) is 0 Å². The van der Waals surface area contributed by atoms with Gasteiger partial charge in [-0.25, -0.2) is 4.79 Å². The van der Waals surface area contributed by atoms with Crippen LogP contribution >= 0.6 is 0 Å². The van der Waals surface area contributed by atoms with Gasteiger partial charge < -0.3 is 14.6 Å². The zero-order valence-corrected chi connectivity index (χ0v) is 13.7. The summed E-state index contributed by atoms with van der Waals surface area (Å²) in [5.41, 5.74) is 2.45. The maximum Gasteiger partial charge on any atom is 0.339 e. The molecule has 0 atom stereocenters. The van der Waals surface area contributed by atoms with Crippen molar-refractivity contribution >= 4 is 5.97 Å². The van der Waals surface area contributed by atoms with Gasteiger partial charge in [0.05, 0.1) is 0 Å². The first-order valence-corrected chi connectivity index (χ1v) is 7.67. The van der Waals surface area contributed by atoms with E-state index in [-0.39, 0.29) is 12.2 Å². The number of carboxylic acids is 1. The number of aryl methyl sites for hydroxylation is 1. The summed E-state index contributed by atoms with van der Waals surface area (Å²) >= 11 is 0. The lowest BCUT2D eigenvalue weighted by atomic mass is 10.0. The van der Waals surface area contributed by atoms with E-state index in [4.69, 9.17) is 14.6 Å². The Morgan fingerprint density at radius 1 is 1.04 bits per heavy atom. The Kier molecular flexibility index (Phi) is 5.63. The highest BCUT2D eigenvalue weighted by Gasteiger charge is 2.11. The Bertz CT molecular complexity index is 677. The van der Waals surface area contributed by atoms with Gasteiger partial charge in [0, 0.05) is 0 Å². The van der Waals surface area contributed by atoms with Crippen LogP contribution in [0, 0.1) is 6.92 Å². The summed E-state index contributed by atoms with van der Waals surface area (Å²) in [6.45, 7) is 6.91. The number of para-hydroxylation sites is 1. The largest absolute Gasteiger partial charge is 0.490 e. The zero-order valence-electron chi connectivity index (χ0n) is 13.7. The summed E-state index contributed by atoms with van der Waals surface area (Å²) in [6.07, 6.45) is 0. The lowest BCUT2D eigenvalue weighted by Crippen LogP contribution is -2.12. The fourth-order valence-corrected chi connectivity index (χ4v) is 2.32. The molecule has 0 bridgehead atoms. The van der Waals surface area contributed by atoms with E-state index in [0.717, 1.165) is 16.9 Å². The van der Waals surface area contributed by atoms with Gasteiger partial charge in [0.2, 0.25) is 0 Å². The third-order valence-electron chi connectivity index (χ3n) is 3.51. The van der Waals surface area contributed by atoms with Gasteiger partial charge in [-0.05, 0) is 42.2 Å². The monoisotopic (exact) mass is 314 g/mol. The first-order valence-electron chi connectivity index (χ1n) is 7.67. The van der Waals surface area contributed by atoms with Crippen LogP contribution in [0.2, 0.25) is 0 Å². The minimum Gasteiger partial charge on any atom is -0.490 e. The van der Waals surface area contributed by atoms with Gasteiger partial charge in [0.25, 0.3) is 0 Å². The number of carboxylic acid groups (broad SMARTS) is 1. The standard InChI is InChI=1S/C19H22O4/c1-13(2)15-9-8-14(3)12-18(15)23-11-10-22-17-7-5-4-6-16(17)19(20)21/h4-9,12-13H,10-11H2,1-3H3,(H,20,21). The van der Waals surface area contributed by atoms with Crippen LogP contribution in [0.1, 0.15) is 41.3 Å². The van der Waals surface area contributed by atoms with Crippen molar-refractivity contribution < 1.29 is 19.4 Å². The molecule has 0 spiro atoms. The predicted molar refractivity (Wildman–Crippen MR) is 89.7 cm³/mol. The minimum atomic E-state index is -0.998. The molecule has 1 N–H and O–H groups in total. The van der Waals surface area contributed by atoms with Crippen molar-refractivity contribution in [3.8, 4) is 11.5 Å². The molecule has 0 saturated carbocycles. The molecule has 0 aromatic heterocycles. The summed E-state index contributed by atoms with van der Waals surface area (Å²) in [7, 11) is 0. The number of ether oxygens (including phenoxy) is 2. The van der Waals surface area contributed by atoms with E-state index in [0.29, 0.717) is 18.3 Å². The molecular formula is C19H22O4. The average Bonchev–Trinajstić information content (AvgIpc) is 2.51. The predicted octanol–water partition coefficient (Wildman–Crippen LogP) is 4.27. The molecular weight excluding hydrogens is 292 g/mol. The number of benzene rings is 2. The summed E-state index contributed by atoms with van der Waals surface area (Å²) < 4.78 is 11.4. The Morgan fingerprint density at radius 3 is 2.35 bits per heavy atom. The molecule has 4 nitrogen and oxygen atoms in total. The number of hydrogen-bond donors (Lipinski definition) is 1. The van der Waals surface area contributed by atoms with Gasteiger partial charge in [-0.2, -0.15) is 0 Å². The van der Waals surface area contributed by atoms with Crippen LogP contribution < -0.4 is 9.47 Å². The highest BCUT2D eigenvalue weighted by Crippen LogP contribution is 2.27. The fourth-order valence-electron chi connectivity index (χ4n) is 2.32. The smallest absolute Gasteiger partial charge is 0.339 e. The summed E-state index contributed by atoms with van der Waals surface area (Å²) in [4.78, 5) is 11.1. The van der Waals surface area contributed by atoms with Crippen molar-refractivity contribution in [3.63, 3.8) is 0 Å². The molecule has 4 heteroatoms. The highest BCUT2D eigenvalue weighted by atomic mass is 16.5. The number of hydrogen-bond acceptors (Lipinski definition) is 3. The fraction of sp³-hybridized carbons (Fsp3) is 0.316. The zero-order chi connectivity index (χ0) is 16.8. The average molecular weight is 314 g/mol. The second-order valence-electron chi connectivity index (χ2n) is 5.69. The van der Waals surface area contributed by atoms with Gasteiger partial charge in [0.15, 0.2) is 0 Å². The minimum absolute atomic E-state index is 0.158. The van der Waals surface area contributed by atoms with Gasteiger partial charge in [-0.1, -0.05) is 38.1 Å². The van der Waals surface area contributed by atoms with Crippen molar-refractivity contribution in [2.75, 3.05) is 13.2 Å². The Morgan fingerprint density at radius 2 is 1.70 bits per heavy atom. The second-order valence-corrected chi connectivity index (χ2v) is 5.69. The van der Waals surface area contributed by atoms with Crippen LogP contribution in [0.5, 0.6) is 11.5 Å². The van der Waals surface area contributed by atoms with Crippen molar-refractivity contribution in [2.45, 2.75) is 26.7 Å². The Balaban J connectivity index is 1.96. The molecule has 0 aliphatic rings. The van der Waals surface area contributed by atoms with E-state index >= 15 is 0 Å². The summed E-state index contributed by atoms with van der Waals surface area (Å²) in [5.74, 6) is 0.591. The van der Waals surface area contributed by atoms with Crippen molar-refractivity contribution in [2.24, 2.45) is 0 Å². The topological polar surface area (TPSA) is 55.8 Å². The molecule has 2 aromatic rings. The number of aromatic carboxylic acids is 1. The van der Waals surface area contributed by atoms with Crippen molar-refractivity contribution in [1.29, 1.82) is 0 Å². The highest BCUT2D eigenvalue weighted by molar-refractivity contribution is 5.90. The molecule has 23 heavy (non-hydrogen) atoms. The molecule has 0 saturated heterocycles. The first kappa shape index (κ1) is 16.9. The Labute approximate surface area is 136 Å². The van der Waals surface area contributed by atoms with Crippen LogP contribution in [0.15, 0.2) is 42.5 Å². The summed E-state index contributed by atoms with van der Waals surface area (Å²) in [5, 5.41) is 9.12. The van der Waals surface area contributed by atoms with Crippen LogP contribution in [0.25, 0.3) is 0 Å². The third-order valence-corrected chi connectivity index (χ3v) is 3.51. The van der Waals surface area contributed by atoms with Crippen LogP contribution in [0.4, 0.5) is 0 Å². The van der Waals surface area contributed by atoms with E-state index in [1.165, 1.54) is 6.07 Å². The lowest BCUT2D eigenvalue weighted by molar-refractivity contribution is 0.0691. The lowest BCUT2D eigenvalue weighted by Gasteiger charge is -2.15. The molecule has 122 valence electrons. The number of rotatable bonds is 7. The van der Waals surface area contributed by atoms with Crippen LogP contribution in [-0.4, -0.2) is 24.3 Å². The van der Waals surface area contributed by atoms with Gasteiger partial charge in [-0.15, -0.1) is 0 Å². The van der Waals surface area contributed by atoms with Gasteiger partial charge >= 0.3 is 5.97 Å². The van der Waals surface area contributed by atoms with Crippen molar-refractivity contribution in [1.82, 2.24) is 0 Å². The molecule has 0 amide bonds. The molecule has 0 radical (unpaired) electrons. The van der Waals surface area contributed by atoms with E-state index < -0.39 is 5.97 Å². The SMILES string of the molecule is Cc1ccc(C(C)C)c(OCCOc2ccccc2C(=O)O)c1. The number of carbonyl (C=O) groups is 1. The summed E-state index contributed by atoms with van der Waals surface area (Å²) in [6, 6.07) is 12.8. The molecule has 2 aromatic carbocycles. The molecule has 0 aliphatic carbocycles. The molecule has 0 fully saturated rings. The molecule has 0 heterocycles. The Hall–Kier alpha value is -2.49. The van der Waals surface area contributed by atoms with Crippen LogP contribution in [-0.2, 0) is 0 Å². The maximum atomic E-state index is 11.1. The molecule has 2 rings (SSSR count). The van der Waals surface area contributed by atoms with E-state index in [1.807, 2.05) is 13.0 Å². The first-order chi connectivity index (χ1) is 11.0. The van der Waals surface area contributed by atoms with E-state index in [2.05, 4.69) is 26.0 Å². The quantitative estimate of drug-likeness (QED) is 0.775.